The maximum absolute atomic E-state index is 12.0. The van der Waals surface area contributed by atoms with Gasteiger partial charge in [-0.2, -0.15) is 13.2 Å². The molecule has 0 fully saturated rings. The summed E-state index contributed by atoms with van der Waals surface area (Å²) in [5.41, 5.74) is -1.73. The second-order valence-electron chi connectivity index (χ2n) is 4.30. The predicted octanol–water partition coefficient (Wildman–Crippen LogP) is 5.19. The van der Waals surface area contributed by atoms with E-state index in [-0.39, 0.29) is 23.4 Å². The van der Waals surface area contributed by atoms with Gasteiger partial charge in [0, 0.05) is 11.1 Å². The number of halogens is 4. The van der Waals surface area contributed by atoms with Crippen LogP contribution in [0.3, 0.4) is 0 Å². The van der Waals surface area contributed by atoms with Gasteiger partial charge in [0.2, 0.25) is 0 Å². The smallest absolute Gasteiger partial charge is 0.160 e. The molecule has 0 aliphatic carbocycles. The van der Waals surface area contributed by atoms with Crippen molar-refractivity contribution in [2.75, 3.05) is 11.1 Å². The normalized spacial score (nSPS) is 13.6. The standard InChI is InChI=1S/C13H16BrF3S/c1-10-3-2-4-11(7-10)8-12(9-14)5-6-18-13(15,16)17/h2-4,7,12H,5-6,8-9H2,1H3. The summed E-state index contributed by atoms with van der Waals surface area (Å²) >= 11 is 3.45. The summed E-state index contributed by atoms with van der Waals surface area (Å²) in [6.45, 7) is 2.02. The quantitative estimate of drug-likeness (QED) is 0.642. The zero-order chi connectivity index (χ0) is 13.6. The van der Waals surface area contributed by atoms with Gasteiger partial charge in [0.25, 0.3) is 0 Å². The molecule has 0 nitrogen and oxygen atoms in total. The average Bonchev–Trinajstić information content (AvgIpc) is 2.26. The van der Waals surface area contributed by atoms with Crippen LogP contribution in [0.1, 0.15) is 17.5 Å². The van der Waals surface area contributed by atoms with Crippen LogP contribution < -0.4 is 0 Å². The highest BCUT2D eigenvalue weighted by atomic mass is 79.9. The molecule has 0 radical (unpaired) electrons. The number of benzene rings is 1. The third-order valence-corrected chi connectivity index (χ3v) is 4.30. The first-order chi connectivity index (χ1) is 8.40. The summed E-state index contributed by atoms with van der Waals surface area (Å²) in [4.78, 5) is 0. The lowest BCUT2D eigenvalue weighted by atomic mass is 9.98. The van der Waals surface area contributed by atoms with Crippen LogP contribution in [0.15, 0.2) is 24.3 Å². The molecule has 1 aromatic rings. The van der Waals surface area contributed by atoms with E-state index >= 15 is 0 Å². The van der Waals surface area contributed by atoms with E-state index in [1.54, 1.807) is 0 Å². The molecule has 0 spiro atoms. The minimum atomic E-state index is -4.11. The van der Waals surface area contributed by atoms with Crippen molar-refractivity contribution in [3.05, 3.63) is 35.4 Å². The van der Waals surface area contributed by atoms with Gasteiger partial charge in [-0.15, -0.1) is 0 Å². The van der Waals surface area contributed by atoms with Gasteiger partial charge in [-0.25, -0.2) is 0 Å². The van der Waals surface area contributed by atoms with Gasteiger partial charge in [-0.05, 0) is 31.2 Å². The van der Waals surface area contributed by atoms with E-state index in [1.165, 1.54) is 11.1 Å². The van der Waals surface area contributed by atoms with E-state index in [0.29, 0.717) is 6.42 Å². The van der Waals surface area contributed by atoms with Crippen LogP contribution in [-0.2, 0) is 6.42 Å². The summed E-state index contributed by atoms with van der Waals surface area (Å²) < 4.78 is 36.1. The number of rotatable bonds is 6. The van der Waals surface area contributed by atoms with Crippen LogP contribution >= 0.6 is 27.7 Å². The molecule has 0 aromatic heterocycles. The van der Waals surface area contributed by atoms with Gasteiger partial charge in [0.05, 0.1) is 0 Å². The maximum atomic E-state index is 12.0. The fraction of sp³-hybridized carbons (Fsp3) is 0.538. The highest BCUT2D eigenvalue weighted by molar-refractivity contribution is 9.09. The summed E-state index contributed by atoms with van der Waals surface area (Å²) in [5.74, 6) is 0.382. The predicted molar refractivity (Wildman–Crippen MR) is 75.3 cm³/mol. The first-order valence-electron chi connectivity index (χ1n) is 5.73. The number of aryl methyl sites for hydroxylation is 1. The molecular weight excluding hydrogens is 325 g/mol. The summed E-state index contributed by atoms with van der Waals surface area (Å²) in [6.07, 6.45) is 1.40. The molecule has 102 valence electrons. The fourth-order valence-corrected chi connectivity index (χ4v) is 2.98. The van der Waals surface area contributed by atoms with Gasteiger partial charge in [-0.3, -0.25) is 0 Å². The molecule has 0 saturated heterocycles. The molecule has 1 rings (SSSR count). The second-order valence-corrected chi connectivity index (χ2v) is 6.10. The monoisotopic (exact) mass is 340 g/mol. The second kappa shape index (κ2) is 7.43. The minimum Gasteiger partial charge on any atom is -0.160 e. The van der Waals surface area contributed by atoms with Gasteiger partial charge < -0.3 is 0 Å². The van der Waals surface area contributed by atoms with Gasteiger partial charge >= 0.3 is 5.51 Å². The van der Waals surface area contributed by atoms with E-state index < -0.39 is 5.51 Å². The lowest BCUT2D eigenvalue weighted by Crippen LogP contribution is -2.10. The molecular formula is C13H16BrF3S. The zero-order valence-electron chi connectivity index (χ0n) is 10.1. The molecule has 1 unspecified atom stereocenters. The molecule has 0 N–H and O–H groups in total. The van der Waals surface area contributed by atoms with Crippen LogP contribution in [0.4, 0.5) is 13.2 Å². The van der Waals surface area contributed by atoms with Crippen molar-refractivity contribution in [2.45, 2.75) is 25.3 Å². The molecule has 0 aliphatic rings. The minimum absolute atomic E-state index is 0.0701. The van der Waals surface area contributed by atoms with Crippen molar-refractivity contribution in [3.8, 4) is 0 Å². The molecule has 0 saturated carbocycles. The highest BCUT2D eigenvalue weighted by Crippen LogP contribution is 2.31. The van der Waals surface area contributed by atoms with Crippen LogP contribution in [-0.4, -0.2) is 16.6 Å². The summed E-state index contributed by atoms with van der Waals surface area (Å²) in [5, 5.41) is 0.735. The average molecular weight is 341 g/mol. The molecule has 1 atom stereocenters. The Kier molecular flexibility index (Phi) is 6.57. The largest absolute Gasteiger partial charge is 0.441 e. The number of thioether (sulfide) groups is 1. The van der Waals surface area contributed by atoms with Crippen molar-refractivity contribution in [3.63, 3.8) is 0 Å². The first-order valence-corrected chi connectivity index (χ1v) is 7.83. The number of alkyl halides is 4. The molecule has 5 heteroatoms. The Morgan fingerprint density at radius 1 is 1.33 bits per heavy atom. The van der Waals surface area contributed by atoms with Gasteiger partial charge in [0.1, 0.15) is 0 Å². The van der Waals surface area contributed by atoms with Crippen molar-refractivity contribution < 1.29 is 13.2 Å². The van der Waals surface area contributed by atoms with Crippen molar-refractivity contribution in [1.29, 1.82) is 0 Å². The SMILES string of the molecule is Cc1cccc(CC(CBr)CCSC(F)(F)F)c1. The van der Waals surface area contributed by atoms with E-state index in [1.807, 2.05) is 25.1 Å². The fourth-order valence-electron chi connectivity index (χ4n) is 1.75. The molecule has 0 bridgehead atoms. The lowest BCUT2D eigenvalue weighted by Gasteiger charge is -2.14. The molecule has 0 heterocycles. The molecule has 0 amide bonds. The van der Waals surface area contributed by atoms with Gasteiger partial charge in [-0.1, -0.05) is 57.5 Å². The molecule has 1 aromatic carbocycles. The Morgan fingerprint density at radius 2 is 2.06 bits per heavy atom. The van der Waals surface area contributed by atoms with Crippen molar-refractivity contribution in [1.82, 2.24) is 0 Å². The van der Waals surface area contributed by atoms with Crippen molar-refractivity contribution in [2.24, 2.45) is 5.92 Å². The van der Waals surface area contributed by atoms with Crippen LogP contribution in [0.5, 0.6) is 0 Å². The Morgan fingerprint density at radius 3 is 2.61 bits per heavy atom. The molecule has 18 heavy (non-hydrogen) atoms. The Hall–Kier alpha value is -0.160. The first kappa shape index (κ1) is 15.9. The third kappa shape index (κ3) is 6.69. The Balaban J connectivity index is 2.42. The summed E-state index contributed by atoms with van der Waals surface area (Å²) in [7, 11) is 0. The lowest BCUT2D eigenvalue weighted by molar-refractivity contribution is -0.0328. The van der Waals surface area contributed by atoms with E-state index in [0.717, 1.165) is 11.8 Å². The van der Waals surface area contributed by atoms with Gasteiger partial charge in [0.15, 0.2) is 0 Å². The highest BCUT2D eigenvalue weighted by Gasteiger charge is 2.27. The number of hydrogen-bond donors (Lipinski definition) is 0. The topological polar surface area (TPSA) is 0 Å². The van der Waals surface area contributed by atoms with Crippen LogP contribution in [0.25, 0.3) is 0 Å². The van der Waals surface area contributed by atoms with Crippen LogP contribution in [0, 0.1) is 12.8 Å². The van der Waals surface area contributed by atoms with E-state index in [4.69, 9.17) is 0 Å². The summed E-state index contributed by atoms with van der Waals surface area (Å²) in [6, 6.07) is 8.12. The molecule has 0 aliphatic heterocycles. The Bertz CT molecular complexity index is 365. The Labute approximate surface area is 118 Å². The zero-order valence-corrected chi connectivity index (χ0v) is 12.5. The van der Waals surface area contributed by atoms with E-state index in [2.05, 4.69) is 22.0 Å². The number of hydrogen-bond acceptors (Lipinski definition) is 1. The van der Waals surface area contributed by atoms with Crippen molar-refractivity contribution >= 4 is 27.7 Å². The third-order valence-electron chi connectivity index (χ3n) is 2.62. The van der Waals surface area contributed by atoms with Crippen LogP contribution in [0.2, 0.25) is 0 Å². The van der Waals surface area contributed by atoms with E-state index in [9.17, 15) is 13.2 Å². The maximum Gasteiger partial charge on any atom is 0.441 e.